The predicted molar refractivity (Wildman–Crippen MR) is 134 cm³/mol. The Labute approximate surface area is 205 Å². The molecule has 5 rings (SSSR count). The first-order chi connectivity index (χ1) is 16.8. The fourth-order valence-corrected chi connectivity index (χ4v) is 5.22. The average molecular weight is 474 g/mol. The molecule has 0 radical (unpaired) electrons. The minimum absolute atomic E-state index is 0.0581. The molecule has 3 aromatic rings. The molecule has 3 heterocycles. The molecule has 0 unspecified atom stereocenters. The van der Waals surface area contributed by atoms with Crippen molar-refractivity contribution < 1.29 is 14.3 Å². The summed E-state index contributed by atoms with van der Waals surface area (Å²) in [6.07, 6.45) is 2.97. The summed E-state index contributed by atoms with van der Waals surface area (Å²) in [7, 11) is 1.59. The van der Waals surface area contributed by atoms with Gasteiger partial charge in [0.2, 0.25) is 0 Å². The van der Waals surface area contributed by atoms with Crippen LogP contribution in [0.5, 0.6) is 5.75 Å². The van der Waals surface area contributed by atoms with E-state index in [-0.39, 0.29) is 17.1 Å². The highest BCUT2D eigenvalue weighted by molar-refractivity contribution is 6.09. The van der Waals surface area contributed by atoms with Gasteiger partial charge in [-0.3, -0.25) is 14.5 Å². The highest BCUT2D eigenvalue weighted by Gasteiger charge is 2.35. The van der Waals surface area contributed by atoms with Crippen molar-refractivity contribution in [1.29, 1.82) is 0 Å². The number of fused-ring (bicyclic) bond motifs is 1. The molecule has 0 bridgehead atoms. The lowest BCUT2D eigenvalue weighted by molar-refractivity contribution is 0.0972. The molecule has 0 saturated carbocycles. The monoisotopic (exact) mass is 473 g/mol. The van der Waals surface area contributed by atoms with Crippen LogP contribution in [-0.4, -0.2) is 53.2 Å². The summed E-state index contributed by atoms with van der Waals surface area (Å²) in [5.41, 5.74) is 9.38. The fraction of sp³-hybridized carbons (Fsp3) is 0.370. The first kappa shape index (κ1) is 23.1. The van der Waals surface area contributed by atoms with Crippen molar-refractivity contribution in [2.75, 3.05) is 31.6 Å². The number of benzene rings is 2. The number of aromatic nitrogens is 2. The van der Waals surface area contributed by atoms with Crippen LogP contribution in [0.25, 0.3) is 5.69 Å². The third kappa shape index (κ3) is 3.97. The standard InChI is InChI=1S/C27H31N5O3/c1-27(2,30-15-4-5-16-30)18-6-8-19(9-7-18)31-17-14-22-23(25(28)33)29-32(24(22)26(31)34)20-10-12-21(35-3)13-11-20/h6-13H,4-5,14-17H2,1-3H3,(H2,28,33). The van der Waals surface area contributed by atoms with Crippen molar-refractivity contribution in [2.45, 2.75) is 38.6 Å². The smallest absolute Gasteiger partial charge is 0.277 e. The van der Waals surface area contributed by atoms with Crippen molar-refractivity contribution in [3.05, 3.63) is 71.0 Å². The fourth-order valence-electron chi connectivity index (χ4n) is 5.22. The molecule has 1 aromatic heterocycles. The number of primary amides is 1. The van der Waals surface area contributed by atoms with Gasteiger partial charge in [0.25, 0.3) is 11.8 Å². The Morgan fingerprint density at radius 1 is 0.971 bits per heavy atom. The number of anilines is 1. The van der Waals surface area contributed by atoms with Crippen LogP contribution in [0.4, 0.5) is 5.69 Å². The van der Waals surface area contributed by atoms with Crippen LogP contribution in [0.2, 0.25) is 0 Å². The molecule has 8 nitrogen and oxygen atoms in total. The summed E-state index contributed by atoms with van der Waals surface area (Å²) in [4.78, 5) is 30.1. The van der Waals surface area contributed by atoms with Gasteiger partial charge < -0.3 is 15.4 Å². The zero-order chi connectivity index (χ0) is 24.7. The second-order valence-electron chi connectivity index (χ2n) is 9.66. The van der Waals surface area contributed by atoms with Crippen molar-refractivity contribution >= 4 is 17.5 Å². The molecule has 8 heteroatoms. The van der Waals surface area contributed by atoms with Gasteiger partial charge in [-0.2, -0.15) is 5.10 Å². The summed E-state index contributed by atoms with van der Waals surface area (Å²) in [6.45, 7) is 7.18. The number of rotatable bonds is 6. The molecule has 0 atom stereocenters. The second kappa shape index (κ2) is 8.85. The van der Waals surface area contributed by atoms with E-state index in [1.165, 1.54) is 23.1 Å². The number of nitrogens with zero attached hydrogens (tertiary/aromatic N) is 4. The number of carbonyl (C=O) groups is 2. The van der Waals surface area contributed by atoms with Crippen LogP contribution < -0.4 is 15.4 Å². The third-order valence-corrected chi connectivity index (χ3v) is 7.35. The van der Waals surface area contributed by atoms with Gasteiger partial charge in [0.05, 0.1) is 12.8 Å². The molecule has 2 amide bonds. The Bertz CT molecular complexity index is 1260. The molecular weight excluding hydrogens is 442 g/mol. The lowest BCUT2D eigenvalue weighted by atomic mass is 9.92. The van der Waals surface area contributed by atoms with Gasteiger partial charge in [-0.25, -0.2) is 4.68 Å². The molecule has 1 saturated heterocycles. The van der Waals surface area contributed by atoms with Crippen LogP contribution in [-0.2, 0) is 12.0 Å². The van der Waals surface area contributed by atoms with Crippen LogP contribution >= 0.6 is 0 Å². The number of hydrogen-bond acceptors (Lipinski definition) is 5. The third-order valence-electron chi connectivity index (χ3n) is 7.35. The Morgan fingerprint density at radius 3 is 2.20 bits per heavy atom. The second-order valence-corrected chi connectivity index (χ2v) is 9.66. The van der Waals surface area contributed by atoms with E-state index in [1.807, 2.05) is 12.1 Å². The molecule has 2 N–H and O–H groups in total. The van der Waals surface area contributed by atoms with Crippen LogP contribution in [0.15, 0.2) is 48.5 Å². The van der Waals surface area contributed by atoms with E-state index < -0.39 is 5.91 Å². The van der Waals surface area contributed by atoms with Crippen LogP contribution in [0, 0.1) is 0 Å². The summed E-state index contributed by atoms with van der Waals surface area (Å²) in [5.74, 6) is -0.147. The number of carbonyl (C=O) groups excluding carboxylic acids is 2. The summed E-state index contributed by atoms with van der Waals surface area (Å²) >= 11 is 0. The van der Waals surface area contributed by atoms with Gasteiger partial charge in [-0.15, -0.1) is 0 Å². The lowest BCUT2D eigenvalue weighted by Crippen LogP contribution is -2.40. The number of likely N-dealkylation sites (tertiary alicyclic amines) is 1. The molecule has 2 aliphatic heterocycles. The summed E-state index contributed by atoms with van der Waals surface area (Å²) < 4.78 is 6.76. The van der Waals surface area contributed by atoms with Gasteiger partial charge in [0, 0.05) is 23.3 Å². The number of amides is 2. The van der Waals surface area contributed by atoms with E-state index in [0.29, 0.717) is 35.7 Å². The van der Waals surface area contributed by atoms with Gasteiger partial charge in [-0.1, -0.05) is 12.1 Å². The minimum atomic E-state index is -0.636. The summed E-state index contributed by atoms with van der Waals surface area (Å²) in [6, 6.07) is 15.5. The molecular formula is C27H31N5O3. The van der Waals surface area contributed by atoms with E-state index in [1.54, 1.807) is 36.3 Å². The van der Waals surface area contributed by atoms with Crippen LogP contribution in [0.1, 0.15) is 58.8 Å². The molecule has 35 heavy (non-hydrogen) atoms. The van der Waals surface area contributed by atoms with Crippen molar-refractivity contribution in [1.82, 2.24) is 14.7 Å². The first-order valence-electron chi connectivity index (χ1n) is 12.0. The van der Waals surface area contributed by atoms with Gasteiger partial charge in [-0.05, 0) is 88.2 Å². The molecule has 0 spiro atoms. The number of ether oxygens (including phenoxy) is 1. The minimum Gasteiger partial charge on any atom is -0.497 e. The molecule has 1 fully saturated rings. The van der Waals surface area contributed by atoms with Gasteiger partial charge >= 0.3 is 0 Å². The van der Waals surface area contributed by atoms with Crippen LogP contribution in [0.3, 0.4) is 0 Å². The van der Waals surface area contributed by atoms with Crippen molar-refractivity contribution in [3.63, 3.8) is 0 Å². The van der Waals surface area contributed by atoms with Crippen molar-refractivity contribution in [2.24, 2.45) is 5.73 Å². The average Bonchev–Trinajstić information content (AvgIpc) is 3.54. The maximum atomic E-state index is 13.7. The molecule has 2 aromatic carbocycles. The lowest BCUT2D eigenvalue weighted by Gasteiger charge is -2.36. The molecule has 182 valence electrons. The zero-order valence-electron chi connectivity index (χ0n) is 20.5. The number of hydrogen-bond donors (Lipinski definition) is 1. The maximum Gasteiger partial charge on any atom is 0.277 e. The number of methoxy groups -OCH3 is 1. The van der Waals surface area contributed by atoms with E-state index >= 15 is 0 Å². The van der Waals surface area contributed by atoms with E-state index in [0.717, 1.165) is 18.8 Å². The van der Waals surface area contributed by atoms with Gasteiger partial charge in [0.15, 0.2) is 5.69 Å². The summed E-state index contributed by atoms with van der Waals surface area (Å²) in [5, 5.41) is 4.43. The quantitative estimate of drug-likeness (QED) is 0.591. The molecule has 0 aliphatic carbocycles. The maximum absolute atomic E-state index is 13.7. The largest absolute Gasteiger partial charge is 0.497 e. The van der Waals surface area contributed by atoms with Crippen molar-refractivity contribution in [3.8, 4) is 11.4 Å². The topological polar surface area (TPSA) is 93.7 Å². The normalized spacial score (nSPS) is 16.4. The van der Waals surface area contributed by atoms with E-state index in [2.05, 4.69) is 36.0 Å². The van der Waals surface area contributed by atoms with Gasteiger partial charge in [0.1, 0.15) is 11.4 Å². The first-order valence-corrected chi connectivity index (χ1v) is 12.0. The molecule has 2 aliphatic rings. The highest BCUT2D eigenvalue weighted by Crippen LogP contribution is 2.34. The Balaban J connectivity index is 1.49. The van der Waals surface area contributed by atoms with E-state index in [4.69, 9.17) is 10.5 Å². The highest BCUT2D eigenvalue weighted by atomic mass is 16.5. The number of nitrogens with two attached hydrogens (primary N) is 1. The SMILES string of the molecule is COc1ccc(-n2nc(C(N)=O)c3c2C(=O)N(c2ccc(C(C)(C)N4CCCC4)cc2)CC3)cc1. The van der Waals surface area contributed by atoms with E-state index in [9.17, 15) is 9.59 Å². The zero-order valence-corrected chi connectivity index (χ0v) is 20.5. The predicted octanol–water partition coefficient (Wildman–Crippen LogP) is 3.51. The Hall–Kier alpha value is -3.65. The Morgan fingerprint density at radius 2 is 1.60 bits per heavy atom. The Kier molecular flexibility index (Phi) is 5.84.